The molecule has 2 rings (SSSR count). The number of unbranched alkanes of at least 4 members (excludes halogenated alkanes) is 4. The molecule has 0 aromatic heterocycles. The molecule has 0 radical (unpaired) electrons. The van der Waals surface area contributed by atoms with Gasteiger partial charge in [-0.1, -0.05) is 32.6 Å². The third-order valence-electron chi connectivity index (χ3n) is 4.47. The Labute approximate surface area is 148 Å². The average molecular weight is 346 g/mol. The van der Waals surface area contributed by atoms with Crippen molar-refractivity contribution in [1.82, 2.24) is 0 Å². The first-order chi connectivity index (χ1) is 12.1. The number of Topliss-reactive ketones (excluding diaryl/α,β-unsaturated/α-hetero) is 1. The molecular weight excluding hydrogens is 320 g/mol. The quantitative estimate of drug-likeness (QED) is 0.193. The normalized spacial score (nSPS) is 13.8. The van der Waals surface area contributed by atoms with E-state index in [0.29, 0.717) is 18.3 Å². The molecule has 1 aliphatic carbocycles. The Balaban J connectivity index is 1.89. The molecule has 136 valence electrons. The Kier molecular flexibility index (Phi) is 7.64. The Bertz CT molecular complexity index is 604. The lowest BCUT2D eigenvalue weighted by atomic mass is 9.96. The van der Waals surface area contributed by atoms with Gasteiger partial charge in [0.2, 0.25) is 0 Å². The number of ketones is 1. The zero-order chi connectivity index (χ0) is 18.1. The van der Waals surface area contributed by atoms with Gasteiger partial charge in [0.25, 0.3) is 0 Å². The zero-order valence-corrected chi connectivity index (χ0v) is 14.8. The van der Waals surface area contributed by atoms with Crippen LogP contribution in [0, 0.1) is 0 Å². The van der Waals surface area contributed by atoms with E-state index in [-0.39, 0.29) is 23.2 Å². The molecule has 0 N–H and O–H groups in total. The second-order valence-electron chi connectivity index (χ2n) is 6.48. The van der Waals surface area contributed by atoms with Gasteiger partial charge in [-0.15, -0.1) is 0 Å². The van der Waals surface area contributed by atoms with Gasteiger partial charge in [0.1, 0.15) is 11.9 Å². The Hall–Kier alpha value is -2.17. The third-order valence-corrected chi connectivity index (χ3v) is 4.47. The van der Waals surface area contributed by atoms with Gasteiger partial charge >= 0.3 is 6.16 Å². The van der Waals surface area contributed by atoms with Crippen LogP contribution in [0.2, 0.25) is 0 Å². The molecule has 0 aliphatic heterocycles. The number of hydrogen-bond donors (Lipinski definition) is 0. The lowest BCUT2D eigenvalue weighted by Gasteiger charge is -2.24. The number of carbonyl (C=O) groups excluding carboxylic acids is 3. The van der Waals surface area contributed by atoms with E-state index in [1.165, 1.54) is 25.0 Å². The fourth-order valence-electron chi connectivity index (χ4n) is 2.68. The maximum Gasteiger partial charge on any atom is 0.514 e. The molecule has 0 atom stereocenters. The lowest BCUT2D eigenvalue weighted by Crippen LogP contribution is -2.26. The van der Waals surface area contributed by atoms with Crippen molar-refractivity contribution < 1.29 is 23.9 Å². The molecule has 1 aromatic rings. The molecule has 25 heavy (non-hydrogen) atoms. The van der Waals surface area contributed by atoms with E-state index in [0.717, 1.165) is 38.5 Å². The highest BCUT2D eigenvalue weighted by molar-refractivity contribution is 5.98. The number of rotatable bonds is 10. The van der Waals surface area contributed by atoms with E-state index in [2.05, 4.69) is 6.92 Å². The van der Waals surface area contributed by atoms with Crippen molar-refractivity contribution in [3.63, 3.8) is 0 Å². The van der Waals surface area contributed by atoms with Crippen LogP contribution < -0.4 is 4.74 Å². The summed E-state index contributed by atoms with van der Waals surface area (Å²) < 4.78 is 10.2. The van der Waals surface area contributed by atoms with Gasteiger partial charge in [-0.2, -0.15) is 0 Å². The summed E-state index contributed by atoms with van der Waals surface area (Å²) in [5.74, 6) is 0.127. The molecule has 0 heterocycles. The highest BCUT2D eigenvalue weighted by Gasteiger charge is 2.23. The van der Waals surface area contributed by atoms with Crippen molar-refractivity contribution in [2.45, 2.75) is 70.8 Å². The van der Waals surface area contributed by atoms with Gasteiger partial charge in [-0.05, 0) is 43.9 Å². The third kappa shape index (κ3) is 6.00. The van der Waals surface area contributed by atoms with Crippen LogP contribution in [0.5, 0.6) is 5.75 Å². The summed E-state index contributed by atoms with van der Waals surface area (Å²) in [6, 6.07) is 4.55. The molecule has 0 amide bonds. The lowest BCUT2D eigenvalue weighted by molar-refractivity contribution is 0.0226. The second-order valence-corrected chi connectivity index (χ2v) is 6.48. The van der Waals surface area contributed by atoms with Gasteiger partial charge in [-0.25, -0.2) is 4.79 Å². The van der Waals surface area contributed by atoms with Gasteiger partial charge in [0, 0.05) is 12.0 Å². The van der Waals surface area contributed by atoms with Crippen LogP contribution in [0.3, 0.4) is 0 Å². The van der Waals surface area contributed by atoms with Crippen molar-refractivity contribution in [3.05, 3.63) is 29.3 Å². The topological polar surface area (TPSA) is 69.7 Å². The first-order valence-electron chi connectivity index (χ1n) is 9.15. The maximum absolute atomic E-state index is 12.2. The highest BCUT2D eigenvalue weighted by Crippen LogP contribution is 2.24. The Morgan fingerprint density at radius 3 is 2.56 bits per heavy atom. The molecule has 5 nitrogen and oxygen atoms in total. The van der Waals surface area contributed by atoms with E-state index in [9.17, 15) is 14.4 Å². The smallest absolute Gasteiger partial charge is 0.431 e. The summed E-state index contributed by atoms with van der Waals surface area (Å²) in [5.41, 5.74) is 0.652. The maximum atomic E-state index is 12.2. The van der Waals surface area contributed by atoms with Crippen LogP contribution >= 0.6 is 0 Å². The van der Waals surface area contributed by atoms with E-state index in [1.807, 2.05) is 0 Å². The number of hydrogen-bond acceptors (Lipinski definition) is 5. The first kappa shape index (κ1) is 19.2. The monoisotopic (exact) mass is 346 g/mol. The van der Waals surface area contributed by atoms with Gasteiger partial charge in [0.15, 0.2) is 12.1 Å². The summed E-state index contributed by atoms with van der Waals surface area (Å²) >= 11 is 0. The Morgan fingerprint density at radius 1 is 1.16 bits per heavy atom. The predicted octanol–water partition coefficient (Wildman–Crippen LogP) is 5.11. The summed E-state index contributed by atoms with van der Waals surface area (Å²) in [6.07, 6.45) is 8.29. The fraction of sp³-hybridized carbons (Fsp3) is 0.550. The summed E-state index contributed by atoms with van der Waals surface area (Å²) in [6.45, 7) is 2.15. The van der Waals surface area contributed by atoms with Crippen molar-refractivity contribution in [3.8, 4) is 5.75 Å². The number of benzene rings is 1. The second kappa shape index (κ2) is 9.97. The molecule has 0 bridgehead atoms. The minimum atomic E-state index is -0.803. The molecule has 0 spiro atoms. The van der Waals surface area contributed by atoms with Crippen molar-refractivity contribution in [2.24, 2.45) is 0 Å². The molecule has 1 saturated carbocycles. The van der Waals surface area contributed by atoms with Gasteiger partial charge < -0.3 is 9.47 Å². The van der Waals surface area contributed by atoms with Crippen LogP contribution in [0.1, 0.15) is 85.4 Å². The van der Waals surface area contributed by atoms with E-state index >= 15 is 0 Å². The van der Waals surface area contributed by atoms with Crippen LogP contribution in [0.25, 0.3) is 0 Å². The molecule has 1 fully saturated rings. The average Bonchev–Trinajstić information content (AvgIpc) is 2.58. The van der Waals surface area contributed by atoms with Crippen LogP contribution in [0.15, 0.2) is 18.2 Å². The molecular formula is C20H26O5. The standard InChI is InChI=1S/C20H26O5/c1-2-3-4-5-6-10-18(22)15-11-12-19(16(13-15)14-21)25-20(23)24-17-8-7-9-17/h11-14,17H,2-10H2,1H3. The summed E-state index contributed by atoms with van der Waals surface area (Å²) in [5, 5.41) is 0. The molecule has 1 aliphatic rings. The van der Waals surface area contributed by atoms with Crippen LogP contribution in [-0.2, 0) is 4.74 Å². The van der Waals surface area contributed by atoms with Crippen LogP contribution in [0.4, 0.5) is 4.79 Å². The van der Waals surface area contributed by atoms with Crippen LogP contribution in [-0.4, -0.2) is 24.3 Å². The van der Waals surface area contributed by atoms with Gasteiger partial charge in [0.05, 0.1) is 5.56 Å². The van der Waals surface area contributed by atoms with Crippen molar-refractivity contribution in [1.29, 1.82) is 0 Å². The SMILES string of the molecule is CCCCCCCC(=O)c1ccc(OC(=O)OC2CCC2)c(C=O)c1. The van der Waals surface area contributed by atoms with E-state index < -0.39 is 6.16 Å². The van der Waals surface area contributed by atoms with E-state index in [4.69, 9.17) is 9.47 Å². The predicted molar refractivity (Wildman–Crippen MR) is 94.3 cm³/mol. The molecule has 0 unspecified atom stereocenters. The number of carbonyl (C=O) groups is 3. The minimum Gasteiger partial charge on any atom is -0.431 e. The number of aldehydes is 1. The van der Waals surface area contributed by atoms with Gasteiger partial charge in [-0.3, -0.25) is 9.59 Å². The summed E-state index contributed by atoms with van der Waals surface area (Å²) in [7, 11) is 0. The minimum absolute atomic E-state index is 0.00296. The molecule has 1 aromatic carbocycles. The highest BCUT2D eigenvalue weighted by atomic mass is 16.7. The molecule has 5 heteroatoms. The summed E-state index contributed by atoms with van der Waals surface area (Å²) in [4.78, 5) is 35.2. The van der Waals surface area contributed by atoms with Crippen molar-refractivity contribution in [2.75, 3.05) is 0 Å². The van der Waals surface area contributed by atoms with Crippen molar-refractivity contribution >= 4 is 18.2 Å². The van der Waals surface area contributed by atoms with E-state index in [1.54, 1.807) is 6.07 Å². The number of ether oxygens (including phenoxy) is 2. The largest absolute Gasteiger partial charge is 0.514 e. The Morgan fingerprint density at radius 2 is 1.92 bits per heavy atom. The molecule has 0 saturated heterocycles. The first-order valence-corrected chi connectivity index (χ1v) is 9.15. The fourth-order valence-corrected chi connectivity index (χ4v) is 2.68. The zero-order valence-electron chi connectivity index (χ0n) is 14.8.